The van der Waals surface area contributed by atoms with E-state index >= 15 is 0 Å². The van der Waals surface area contributed by atoms with Crippen molar-refractivity contribution in [3.63, 3.8) is 0 Å². The Morgan fingerprint density at radius 1 is 1.38 bits per heavy atom. The normalized spacial score (nSPS) is 23.6. The third kappa shape index (κ3) is 2.63. The van der Waals surface area contributed by atoms with E-state index in [4.69, 9.17) is 0 Å². The Balaban J connectivity index is 1.98. The minimum absolute atomic E-state index is 0.456. The number of rotatable bonds is 3. The molecule has 1 aromatic rings. The SMILES string of the molecule is Cc1ccccc1C(C)NC1CCN(C)C1. The van der Waals surface area contributed by atoms with Crippen molar-refractivity contribution in [2.45, 2.75) is 32.4 Å². The second-order valence-corrected chi connectivity index (χ2v) is 4.99. The molecule has 1 aliphatic heterocycles. The van der Waals surface area contributed by atoms with Gasteiger partial charge in [0.15, 0.2) is 0 Å². The van der Waals surface area contributed by atoms with E-state index in [2.05, 4.69) is 55.4 Å². The maximum absolute atomic E-state index is 3.72. The van der Waals surface area contributed by atoms with Crippen LogP contribution in [0.3, 0.4) is 0 Å². The Labute approximate surface area is 98.7 Å². The highest BCUT2D eigenvalue weighted by atomic mass is 15.2. The zero-order valence-corrected chi connectivity index (χ0v) is 10.5. The summed E-state index contributed by atoms with van der Waals surface area (Å²) in [4.78, 5) is 2.39. The number of nitrogens with zero attached hydrogens (tertiary/aromatic N) is 1. The highest BCUT2D eigenvalue weighted by Gasteiger charge is 2.21. The maximum atomic E-state index is 3.72. The van der Waals surface area contributed by atoms with E-state index in [9.17, 15) is 0 Å². The van der Waals surface area contributed by atoms with Crippen LogP contribution in [0.5, 0.6) is 0 Å². The van der Waals surface area contributed by atoms with Gasteiger partial charge >= 0.3 is 0 Å². The summed E-state index contributed by atoms with van der Waals surface area (Å²) in [7, 11) is 2.19. The van der Waals surface area contributed by atoms with Crippen molar-refractivity contribution in [3.05, 3.63) is 35.4 Å². The van der Waals surface area contributed by atoms with Gasteiger partial charge in [-0.2, -0.15) is 0 Å². The summed E-state index contributed by atoms with van der Waals surface area (Å²) in [6, 6.07) is 9.76. The highest BCUT2D eigenvalue weighted by Crippen LogP contribution is 2.19. The molecule has 0 bridgehead atoms. The molecule has 1 N–H and O–H groups in total. The van der Waals surface area contributed by atoms with Crippen molar-refractivity contribution in [2.75, 3.05) is 20.1 Å². The molecule has 0 radical (unpaired) electrons. The predicted molar refractivity (Wildman–Crippen MR) is 68.6 cm³/mol. The standard InChI is InChI=1S/C14H22N2/c1-11-6-4-5-7-14(11)12(2)15-13-8-9-16(3)10-13/h4-7,12-13,15H,8-10H2,1-3H3. The monoisotopic (exact) mass is 218 g/mol. The zero-order valence-electron chi connectivity index (χ0n) is 10.5. The lowest BCUT2D eigenvalue weighted by Crippen LogP contribution is -2.33. The largest absolute Gasteiger partial charge is 0.306 e. The van der Waals surface area contributed by atoms with Crippen molar-refractivity contribution >= 4 is 0 Å². The molecule has 0 amide bonds. The van der Waals surface area contributed by atoms with Gasteiger partial charge in [-0.05, 0) is 45.0 Å². The van der Waals surface area contributed by atoms with Gasteiger partial charge in [0.1, 0.15) is 0 Å². The molecule has 16 heavy (non-hydrogen) atoms. The summed E-state index contributed by atoms with van der Waals surface area (Å²) in [5.74, 6) is 0. The number of nitrogens with one attached hydrogen (secondary N) is 1. The van der Waals surface area contributed by atoms with E-state index in [0.29, 0.717) is 12.1 Å². The van der Waals surface area contributed by atoms with Crippen LogP contribution >= 0.6 is 0 Å². The molecular formula is C14H22N2. The smallest absolute Gasteiger partial charge is 0.0297 e. The molecule has 88 valence electrons. The third-order valence-electron chi connectivity index (χ3n) is 3.53. The lowest BCUT2D eigenvalue weighted by atomic mass is 10.0. The molecule has 2 unspecified atom stereocenters. The van der Waals surface area contributed by atoms with Crippen molar-refractivity contribution in [3.8, 4) is 0 Å². The van der Waals surface area contributed by atoms with Crippen LogP contribution in [-0.4, -0.2) is 31.1 Å². The minimum atomic E-state index is 0.456. The summed E-state index contributed by atoms with van der Waals surface area (Å²) < 4.78 is 0. The van der Waals surface area contributed by atoms with Gasteiger partial charge in [-0.15, -0.1) is 0 Å². The van der Waals surface area contributed by atoms with Gasteiger partial charge in [-0.1, -0.05) is 24.3 Å². The first-order chi connectivity index (χ1) is 7.66. The van der Waals surface area contributed by atoms with Gasteiger partial charge in [0, 0.05) is 18.6 Å². The molecule has 0 aliphatic carbocycles. The average molecular weight is 218 g/mol. The van der Waals surface area contributed by atoms with E-state index in [0.717, 1.165) is 0 Å². The molecule has 1 fully saturated rings. The molecule has 2 nitrogen and oxygen atoms in total. The molecule has 1 aliphatic rings. The van der Waals surface area contributed by atoms with Crippen LogP contribution in [0.25, 0.3) is 0 Å². The fourth-order valence-corrected chi connectivity index (χ4v) is 2.59. The Morgan fingerprint density at radius 2 is 2.12 bits per heavy atom. The fourth-order valence-electron chi connectivity index (χ4n) is 2.59. The quantitative estimate of drug-likeness (QED) is 0.838. The summed E-state index contributed by atoms with van der Waals surface area (Å²) in [6.45, 7) is 6.85. The molecular weight excluding hydrogens is 196 g/mol. The fraction of sp³-hybridized carbons (Fsp3) is 0.571. The van der Waals surface area contributed by atoms with Gasteiger partial charge in [-0.3, -0.25) is 0 Å². The first-order valence-corrected chi connectivity index (χ1v) is 6.17. The highest BCUT2D eigenvalue weighted by molar-refractivity contribution is 5.28. The minimum Gasteiger partial charge on any atom is -0.306 e. The third-order valence-corrected chi connectivity index (χ3v) is 3.53. The van der Waals surface area contributed by atoms with E-state index in [-0.39, 0.29) is 0 Å². The Hall–Kier alpha value is -0.860. The summed E-state index contributed by atoms with van der Waals surface area (Å²) in [5, 5.41) is 3.72. The molecule has 1 saturated heterocycles. The van der Waals surface area contributed by atoms with Gasteiger partial charge in [0.2, 0.25) is 0 Å². The molecule has 0 spiro atoms. The number of benzene rings is 1. The van der Waals surface area contributed by atoms with Crippen LogP contribution in [0.15, 0.2) is 24.3 Å². The number of likely N-dealkylation sites (tertiary alicyclic amines) is 1. The summed E-state index contributed by atoms with van der Waals surface area (Å²) >= 11 is 0. The Bertz CT molecular complexity index is 348. The second-order valence-electron chi connectivity index (χ2n) is 4.99. The zero-order chi connectivity index (χ0) is 11.5. The van der Waals surface area contributed by atoms with Crippen LogP contribution in [0.2, 0.25) is 0 Å². The lowest BCUT2D eigenvalue weighted by molar-refractivity contribution is 0.387. The molecule has 2 rings (SSSR count). The van der Waals surface area contributed by atoms with Gasteiger partial charge < -0.3 is 10.2 Å². The van der Waals surface area contributed by atoms with Gasteiger partial charge in [0.25, 0.3) is 0 Å². The van der Waals surface area contributed by atoms with Gasteiger partial charge in [-0.25, -0.2) is 0 Å². The Kier molecular flexibility index (Phi) is 3.62. The van der Waals surface area contributed by atoms with E-state index in [1.807, 2.05) is 0 Å². The average Bonchev–Trinajstić information content (AvgIpc) is 2.64. The van der Waals surface area contributed by atoms with Crippen molar-refractivity contribution in [1.82, 2.24) is 10.2 Å². The molecule has 0 aromatic heterocycles. The van der Waals surface area contributed by atoms with E-state index in [1.165, 1.54) is 30.6 Å². The first-order valence-electron chi connectivity index (χ1n) is 6.17. The van der Waals surface area contributed by atoms with Gasteiger partial charge in [0.05, 0.1) is 0 Å². The number of hydrogen-bond donors (Lipinski definition) is 1. The molecule has 0 saturated carbocycles. The van der Waals surface area contributed by atoms with Crippen molar-refractivity contribution in [1.29, 1.82) is 0 Å². The molecule has 2 heteroatoms. The first kappa shape index (κ1) is 11.6. The second kappa shape index (κ2) is 4.98. The maximum Gasteiger partial charge on any atom is 0.0297 e. The number of aryl methyl sites for hydroxylation is 1. The lowest BCUT2D eigenvalue weighted by Gasteiger charge is -2.21. The summed E-state index contributed by atoms with van der Waals surface area (Å²) in [6.07, 6.45) is 1.27. The predicted octanol–water partition coefficient (Wildman–Crippen LogP) is 2.35. The molecule has 1 heterocycles. The van der Waals surface area contributed by atoms with E-state index in [1.54, 1.807) is 0 Å². The Morgan fingerprint density at radius 3 is 2.75 bits per heavy atom. The topological polar surface area (TPSA) is 15.3 Å². The van der Waals surface area contributed by atoms with Crippen molar-refractivity contribution in [2.24, 2.45) is 0 Å². The number of hydrogen-bond acceptors (Lipinski definition) is 2. The summed E-state index contributed by atoms with van der Waals surface area (Å²) in [5.41, 5.74) is 2.81. The van der Waals surface area contributed by atoms with E-state index < -0.39 is 0 Å². The van der Waals surface area contributed by atoms with Crippen LogP contribution in [-0.2, 0) is 0 Å². The molecule has 2 atom stereocenters. The van der Waals surface area contributed by atoms with Crippen LogP contribution in [0, 0.1) is 6.92 Å². The number of likely N-dealkylation sites (N-methyl/N-ethyl adjacent to an activating group) is 1. The van der Waals surface area contributed by atoms with Crippen LogP contribution in [0.4, 0.5) is 0 Å². The van der Waals surface area contributed by atoms with Crippen LogP contribution < -0.4 is 5.32 Å². The molecule has 1 aromatic carbocycles. The van der Waals surface area contributed by atoms with Crippen LogP contribution in [0.1, 0.15) is 30.5 Å². The van der Waals surface area contributed by atoms with Crippen molar-refractivity contribution < 1.29 is 0 Å².